The van der Waals surface area contributed by atoms with E-state index in [0.717, 1.165) is 36.5 Å². The van der Waals surface area contributed by atoms with E-state index in [2.05, 4.69) is 24.0 Å². The van der Waals surface area contributed by atoms with Crippen molar-refractivity contribution in [3.8, 4) is 22.9 Å². The first-order valence-corrected chi connectivity index (χ1v) is 14.0. The molecule has 0 unspecified atom stereocenters. The molecule has 0 bridgehead atoms. The first-order chi connectivity index (χ1) is 16.8. The zero-order chi connectivity index (χ0) is 24.1. The van der Waals surface area contributed by atoms with Crippen LogP contribution in [0.2, 0.25) is 0 Å². The Bertz CT molecular complexity index is 652. The average Bonchev–Trinajstić information content (AvgIpc) is 2.87. The topological polar surface area (TPSA) is 44.2 Å². The van der Waals surface area contributed by atoms with E-state index in [0.29, 0.717) is 12.5 Å². The molecule has 0 aliphatic heterocycles. The molecule has 0 aliphatic carbocycles. The van der Waals surface area contributed by atoms with Crippen molar-refractivity contribution < 1.29 is 9.47 Å². The third kappa shape index (κ3) is 13.0. The van der Waals surface area contributed by atoms with E-state index in [1.165, 1.54) is 89.9 Å². The van der Waals surface area contributed by atoms with E-state index in [4.69, 9.17) is 9.47 Å². The molecule has 2 aromatic rings. The lowest BCUT2D eigenvalue weighted by molar-refractivity contribution is 0.290. The van der Waals surface area contributed by atoms with Crippen molar-refractivity contribution in [1.82, 2.24) is 10.2 Å². The van der Waals surface area contributed by atoms with Crippen LogP contribution in [0.15, 0.2) is 36.4 Å². The van der Waals surface area contributed by atoms with Gasteiger partial charge < -0.3 is 9.47 Å². The fourth-order valence-corrected chi connectivity index (χ4v) is 4.11. The summed E-state index contributed by atoms with van der Waals surface area (Å²) in [5, 5.41) is 8.59. The zero-order valence-electron chi connectivity index (χ0n) is 21.9. The number of nitrogens with zero attached hydrogens (tertiary/aromatic N) is 2. The second kappa shape index (κ2) is 19.2. The Kier molecular flexibility index (Phi) is 15.9. The first-order valence-electron chi connectivity index (χ1n) is 14.0. The van der Waals surface area contributed by atoms with E-state index >= 15 is 0 Å². The molecule has 0 saturated heterocycles. The SMILES string of the molecule is CCCCCCCCCCOc1ccc(-c2ccc(OCCCCCCCCCC)nn2)cc1. The second-order valence-corrected chi connectivity index (χ2v) is 9.43. The largest absolute Gasteiger partial charge is 0.494 e. The summed E-state index contributed by atoms with van der Waals surface area (Å²) in [6.07, 6.45) is 20.9. The van der Waals surface area contributed by atoms with Crippen molar-refractivity contribution in [3.05, 3.63) is 36.4 Å². The van der Waals surface area contributed by atoms with Gasteiger partial charge >= 0.3 is 0 Å². The van der Waals surface area contributed by atoms with E-state index in [9.17, 15) is 0 Å². The van der Waals surface area contributed by atoms with Gasteiger partial charge in [-0.1, -0.05) is 104 Å². The molecule has 2 rings (SSSR count). The van der Waals surface area contributed by atoms with Crippen LogP contribution < -0.4 is 9.47 Å². The average molecular weight is 469 g/mol. The van der Waals surface area contributed by atoms with Crippen molar-refractivity contribution in [2.45, 2.75) is 117 Å². The number of hydrogen-bond acceptors (Lipinski definition) is 4. The number of unbranched alkanes of at least 4 members (excludes halogenated alkanes) is 14. The van der Waals surface area contributed by atoms with Crippen LogP contribution in [0.5, 0.6) is 11.6 Å². The summed E-state index contributed by atoms with van der Waals surface area (Å²) in [5.74, 6) is 1.53. The van der Waals surface area contributed by atoms with Crippen LogP contribution in [0.3, 0.4) is 0 Å². The highest BCUT2D eigenvalue weighted by molar-refractivity contribution is 5.59. The van der Waals surface area contributed by atoms with Gasteiger partial charge in [-0.2, -0.15) is 0 Å². The summed E-state index contributed by atoms with van der Waals surface area (Å²) in [4.78, 5) is 0. The lowest BCUT2D eigenvalue weighted by atomic mass is 10.1. The molecular formula is C30H48N2O2. The fraction of sp³-hybridized carbons (Fsp3) is 0.667. The standard InChI is InChI=1S/C30H48N2O2/c1-3-5-7-9-11-13-15-17-25-33-28-21-19-27(20-22-28)29-23-24-30(32-31-29)34-26-18-16-14-12-10-8-6-4-2/h19-24H,3-18,25-26H2,1-2H3. The molecule has 34 heavy (non-hydrogen) atoms. The Morgan fingerprint density at radius 1 is 0.500 bits per heavy atom. The minimum absolute atomic E-state index is 0.608. The monoisotopic (exact) mass is 468 g/mol. The van der Waals surface area contributed by atoms with Gasteiger partial charge in [0.15, 0.2) is 0 Å². The van der Waals surface area contributed by atoms with E-state index in [1.807, 2.05) is 36.4 Å². The molecule has 4 nitrogen and oxygen atoms in total. The highest BCUT2D eigenvalue weighted by Gasteiger charge is 2.03. The van der Waals surface area contributed by atoms with Gasteiger partial charge in [0.1, 0.15) is 5.75 Å². The molecule has 0 spiro atoms. The van der Waals surface area contributed by atoms with Gasteiger partial charge in [0.2, 0.25) is 5.88 Å². The molecule has 0 amide bonds. The summed E-state index contributed by atoms with van der Waals surface area (Å²) in [6, 6.07) is 12.0. The lowest BCUT2D eigenvalue weighted by Crippen LogP contribution is -2.00. The molecule has 0 fully saturated rings. The molecule has 0 radical (unpaired) electrons. The molecule has 0 saturated carbocycles. The second-order valence-electron chi connectivity index (χ2n) is 9.43. The summed E-state index contributed by atoms with van der Waals surface area (Å²) in [5.41, 5.74) is 1.90. The Labute approximate surface area is 208 Å². The molecule has 0 N–H and O–H groups in total. The van der Waals surface area contributed by atoms with E-state index < -0.39 is 0 Å². The predicted octanol–water partition coefficient (Wildman–Crippen LogP) is 9.18. The predicted molar refractivity (Wildman–Crippen MR) is 144 cm³/mol. The van der Waals surface area contributed by atoms with Gasteiger partial charge in [-0.15, -0.1) is 10.2 Å². The third-order valence-corrected chi connectivity index (χ3v) is 6.30. The number of aromatic nitrogens is 2. The van der Waals surface area contributed by atoms with Crippen molar-refractivity contribution in [1.29, 1.82) is 0 Å². The summed E-state index contributed by atoms with van der Waals surface area (Å²) >= 11 is 0. The van der Waals surface area contributed by atoms with E-state index in [-0.39, 0.29) is 0 Å². The van der Waals surface area contributed by atoms with Crippen LogP contribution >= 0.6 is 0 Å². The molecule has 190 valence electrons. The minimum atomic E-state index is 0.608. The van der Waals surface area contributed by atoms with Crippen LogP contribution in [-0.4, -0.2) is 23.4 Å². The van der Waals surface area contributed by atoms with Crippen molar-refractivity contribution in [2.24, 2.45) is 0 Å². The Morgan fingerprint density at radius 3 is 1.50 bits per heavy atom. The van der Waals surface area contributed by atoms with Crippen LogP contribution in [0.25, 0.3) is 11.3 Å². The normalized spacial score (nSPS) is 11.0. The number of ether oxygens (including phenoxy) is 2. The Morgan fingerprint density at radius 2 is 1.00 bits per heavy atom. The molecule has 1 aromatic heterocycles. The minimum Gasteiger partial charge on any atom is -0.494 e. The molecule has 1 heterocycles. The molecule has 0 aliphatic rings. The summed E-state index contributed by atoms with van der Waals surface area (Å²) in [6.45, 7) is 6.03. The van der Waals surface area contributed by atoms with Gasteiger partial charge in [-0.3, -0.25) is 0 Å². The zero-order valence-corrected chi connectivity index (χ0v) is 21.9. The van der Waals surface area contributed by atoms with Crippen molar-refractivity contribution >= 4 is 0 Å². The maximum Gasteiger partial charge on any atom is 0.233 e. The third-order valence-electron chi connectivity index (χ3n) is 6.30. The Hall–Kier alpha value is -2.10. The highest BCUT2D eigenvalue weighted by Crippen LogP contribution is 2.22. The molecule has 0 atom stereocenters. The number of hydrogen-bond donors (Lipinski definition) is 0. The van der Waals surface area contributed by atoms with Crippen molar-refractivity contribution in [2.75, 3.05) is 13.2 Å². The maximum atomic E-state index is 5.90. The van der Waals surface area contributed by atoms with Crippen LogP contribution in [-0.2, 0) is 0 Å². The van der Waals surface area contributed by atoms with Gasteiger partial charge in [-0.05, 0) is 43.2 Å². The van der Waals surface area contributed by atoms with Crippen LogP contribution in [0.4, 0.5) is 0 Å². The highest BCUT2D eigenvalue weighted by atomic mass is 16.5. The van der Waals surface area contributed by atoms with Gasteiger partial charge in [-0.25, -0.2) is 0 Å². The van der Waals surface area contributed by atoms with Gasteiger partial charge in [0.25, 0.3) is 0 Å². The van der Waals surface area contributed by atoms with Gasteiger partial charge in [0, 0.05) is 11.6 Å². The van der Waals surface area contributed by atoms with Gasteiger partial charge in [0.05, 0.1) is 18.9 Å². The lowest BCUT2D eigenvalue weighted by Gasteiger charge is -2.08. The van der Waals surface area contributed by atoms with Crippen LogP contribution in [0, 0.1) is 0 Å². The van der Waals surface area contributed by atoms with E-state index in [1.54, 1.807) is 0 Å². The maximum absolute atomic E-state index is 5.90. The summed E-state index contributed by atoms with van der Waals surface area (Å²) in [7, 11) is 0. The fourth-order valence-electron chi connectivity index (χ4n) is 4.11. The molecular weight excluding hydrogens is 420 g/mol. The van der Waals surface area contributed by atoms with Crippen molar-refractivity contribution in [3.63, 3.8) is 0 Å². The first kappa shape index (κ1) is 28.1. The Balaban J connectivity index is 1.57. The smallest absolute Gasteiger partial charge is 0.233 e. The van der Waals surface area contributed by atoms with Crippen LogP contribution in [0.1, 0.15) is 117 Å². The summed E-state index contributed by atoms with van der Waals surface area (Å²) < 4.78 is 11.7. The molecule has 1 aromatic carbocycles. The molecule has 4 heteroatoms. The number of benzene rings is 1. The number of rotatable bonds is 21. The quantitative estimate of drug-likeness (QED) is 0.171.